The van der Waals surface area contributed by atoms with Crippen molar-refractivity contribution in [3.05, 3.63) is 96.1 Å². The van der Waals surface area contributed by atoms with Crippen LogP contribution in [0.4, 0.5) is 0 Å². The molecule has 2 aromatic heterocycles. The SMILES string of the molecule is O=C(NC(Cc1ccccc1)c1nc2ccccc2[nH]1)c1ccccn1. The van der Waals surface area contributed by atoms with Crippen molar-refractivity contribution in [1.82, 2.24) is 20.3 Å². The first-order valence-corrected chi connectivity index (χ1v) is 8.50. The molecule has 2 N–H and O–H groups in total. The molecule has 128 valence electrons. The number of carbonyl (C=O) groups excluding carboxylic acids is 1. The molecule has 0 aliphatic rings. The van der Waals surface area contributed by atoms with Crippen LogP contribution >= 0.6 is 0 Å². The number of fused-ring (bicyclic) bond motifs is 1. The molecule has 0 fully saturated rings. The van der Waals surface area contributed by atoms with Gasteiger partial charge in [-0.25, -0.2) is 4.98 Å². The fourth-order valence-electron chi connectivity index (χ4n) is 2.93. The molecule has 1 atom stereocenters. The maximum absolute atomic E-state index is 12.6. The Labute approximate surface area is 151 Å². The quantitative estimate of drug-likeness (QED) is 0.581. The van der Waals surface area contributed by atoms with Crippen molar-refractivity contribution in [2.24, 2.45) is 0 Å². The van der Waals surface area contributed by atoms with E-state index in [2.05, 4.69) is 20.3 Å². The minimum Gasteiger partial charge on any atom is -0.340 e. The highest BCUT2D eigenvalue weighted by molar-refractivity contribution is 5.92. The zero-order valence-corrected chi connectivity index (χ0v) is 14.1. The summed E-state index contributed by atoms with van der Waals surface area (Å²) in [6.45, 7) is 0. The lowest BCUT2D eigenvalue weighted by molar-refractivity contribution is 0.0930. The smallest absolute Gasteiger partial charge is 0.270 e. The summed E-state index contributed by atoms with van der Waals surface area (Å²) in [5.41, 5.74) is 3.35. The molecule has 2 aromatic carbocycles. The molecule has 26 heavy (non-hydrogen) atoms. The van der Waals surface area contributed by atoms with Crippen LogP contribution < -0.4 is 5.32 Å². The number of hydrogen-bond donors (Lipinski definition) is 2. The largest absolute Gasteiger partial charge is 0.340 e. The molecule has 0 aliphatic heterocycles. The molecule has 5 nitrogen and oxygen atoms in total. The van der Waals surface area contributed by atoms with Crippen molar-refractivity contribution < 1.29 is 4.79 Å². The molecular formula is C21H18N4O. The van der Waals surface area contributed by atoms with Crippen molar-refractivity contribution >= 4 is 16.9 Å². The second-order valence-corrected chi connectivity index (χ2v) is 6.07. The number of H-pyrrole nitrogens is 1. The van der Waals surface area contributed by atoms with E-state index in [4.69, 9.17) is 0 Å². The Kier molecular flexibility index (Phi) is 4.43. The number of nitrogens with one attached hydrogen (secondary N) is 2. The Morgan fingerprint density at radius 3 is 2.50 bits per heavy atom. The molecule has 1 amide bonds. The molecule has 0 aliphatic carbocycles. The number of carbonyl (C=O) groups is 1. The van der Waals surface area contributed by atoms with Crippen molar-refractivity contribution in [2.45, 2.75) is 12.5 Å². The van der Waals surface area contributed by atoms with E-state index >= 15 is 0 Å². The number of benzene rings is 2. The van der Waals surface area contributed by atoms with E-state index in [1.807, 2.05) is 54.6 Å². The molecule has 0 saturated heterocycles. The van der Waals surface area contributed by atoms with Gasteiger partial charge in [0, 0.05) is 6.20 Å². The van der Waals surface area contributed by atoms with Gasteiger partial charge in [0.05, 0.1) is 17.1 Å². The van der Waals surface area contributed by atoms with Crippen molar-refractivity contribution in [2.75, 3.05) is 0 Å². The summed E-state index contributed by atoms with van der Waals surface area (Å²) in [5.74, 6) is 0.520. The molecule has 0 spiro atoms. The molecule has 0 radical (unpaired) electrons. The topological polar surface area (TPSA) is 70.7 Å². The van der Waals surface area contributed by atoms with Gasteiger partial charge in [0.25, 0.3) is 5.91 Å². The number of pyridine rings is 1. The second kappa shape index (κ2) is 7.19. The van der Waals surface area contributed by atoms with Crippen molar-refractivity contribution in [1.29, 1.82) is 0 Å². The van der Waals surface area contributed by atoms with Gasteiger partial charge in [-0.2, -0.15) is 0 Å². The van der Waals surface area contributed by atoms with Gasteiger partial charge in [-0.15, -0.1) is 0 Å². The normalized spacial score (nSPS) is 12.0. The van der Waals surface area contributed by atoms with E-state index in [0.717, 1.165) is 22.4 Å². The summed E-state index contributed by atoms with van der Waals surface area (Å²) < 4.78 is 0. The van der Waals surface area contributed by atoms with Gasteiger partial charge < -0.3 is 10.3 Å². The lowest BCUT2D eigenvalue weighted by atomic mass is 10.1. The monoisotopic (exact) mass is 342 g/mol. The summed E-state index contributed by atoms with van der Waals surface area (Å²) >= 11 is 0. The van der Waals surface area contributed by atoms with E-state index in [1.165, 1.54) is 0 Å². The summed E-state index contributed by atoms with van der Waals surface area (Å²) in [7, 11) is 0. The summed E-state index contributed by atoms with van der Waals surface area (Å²) in [6, 6.07) is 22.9. The highest BCUT2D eigenvalue weighted by Gasteiger charge is 2.20. The Hall–Kier alpha value is -3.47. The van der Waals surface area contributed by atoms with Gasteiger partial charge in [0.15, 0.2) is 0 Å². The third-order valence-electron chi connectivity index (χ3n) is 4.22. The number of hydrogen-bond acceptors (Lipinski definition) is 3. The molecule has 4 rings (SSSR count). The maximum Gasteiger partial charge on any atom is 0.270 e. The first-order chi connectivity index (χ1) is 12.8. The number of aromatic amines is 1. The maximum atomic E-state index is 12.6. The van der Waals surface area contributed by atoms with Gasteiger partial charge in [0.2, 0.25) is 0 Å². The predicted octanol–water partition coefficient (Wildman–Crippen LogP) is 3.67. The van der Waals surface area contributed by atoms with E-state index in [9.17, 15) is 4.79 Å². The molecule has 0 bridgehead atoms. The lowest BCUT2D eigenvalue weighted by Gasteiger charge is -2.16. The van der Waals surface area contributed by atoms with E-state index < -0.39 is 0 Å². The van der Waals surface area contributed by atoms with Crippen LogP contribution in [0, 0.1) is 0 Å². The lowest BCUT2D eigenvalue weighted by Crippen LogP contribution is -2.31. The summed E-state index contributed by atoms with van der Waals surface area (Å²) in [4.78, 5) is 24.7. The third kappa shape index (κ3) is 3.47. The number of rotatable bonds is 5. The minimum atomic E-state index is -0.278. The second-order valence-electron chi connectivity index (χ2n) is 6.07. The first-order valence-electron chi connectivity index (χ1n) is 8.50. The molecule has 5 heteroatoms. The van der Waals surface area contributed by atoms with E-state index in [-0.39, 0.29) is 11.9 Å². The summed E-state index contributed by atoms with van der Waals surface area (Å²) in [6.07, 6.45) is 2.25. The Balaban J connectivity index is 1.65. The van der Waals surface area contributed by atoms with E-state index in [1.54, 1.807) is 24.4 Å². The highest BCUT2D eigenvalue weighted by Crippen LogP contribution is 2.20. The zero-order chi connectivity index (χ0) is 17.8. The molecule has 0 saturated carbocycles. The fraction of sp³-hybridized carbons (Fsp3) is 0.0952. The Morgan fingerprint density at radius 1 is 0.962 bits per heavy atom. The minimum absolute atomic E-state index is 0.216. The van der Waals surface area contributed by atoms with Gasteiger partial charge >= 0.3 is 0 Å². The zero-order valence-electron chi connectivity index (χ0n) is 14.1. The van der Waals surface area contributed by atoms with Crippen molar-refractivity contribution in [3.63, 3.8) is 0 Å². The van der Waals surface area contributed by atoms with Gasteiger partial charge in [0.1, 0.15) is 11.5 Å². The Morgan fingerprint density at radius 2 is 1.73 bits per heavy atom. The van der Waals surface area contributed by atoms with Crippen LogP contribution in [0.1, 0.15) is 27.9 Å². The van der Waals surface area contributed by atoms with Crippen LogP contribution in [0.3, 0.4) is 0 Å². The number of aromatic nitrogens is 3. The fourth-order valence-corrected chi connectivity index (χ4v) is 2.93. The van der Waals surface area contributed by atoms with Crippen LogP contribution in [-0.4, -0.2) is 20.9 Å². The van der Waals surface area contributed by atoms with Crippen molar-refractivity contribution in [3.8, 4) is 0 Å². The Bertz CT molecular complexity index is 979. The van der Waals surface area contributed by atoms with Crippen LogP contribution in [0.5, 0.6) is 0 Å². The molecule has 4 aromatic rings. The highest BCUT2D eigenvalue weighted by atomic mass is 16.1. The molecule has 2 heterocycles. The first kappa shape index (κ1) is 16.0. The van der Waals surface area contributed by atoms with Gasteiger partial charge in [-0.3, -0.25) is 9.78 Å². The number of amides is 1. The van der Waals surface area contributed by atoms with Crippen LogP contribution in [-0.2, 0) is 6.42 Å². The molecular weight excluding hydrogens is 324 g/mol. The molecule has 1 unspecified atom stereocenters. The summed E-state index contributed by atoms with van der Waals surface area (Å²) in [5, 5.41) is 3.06. The van der Waals surface area contributed by atoms with Gasteiger partial charge in [-0.05, 0) is 36.2 Å². The third-order valence-corrected chi connectivity index (χ3v) is 4.22. The average Bonchev–Trinajstić information content (AvgIpc) is 3.13. The number of imidazole rings is 1. The predicted molar refractivity (Wildman–Crippen MR) is 101 cm³/mol. The number of para-hydroxylation sites is 2. The average molecular weight is 342 g/mol. The van der Waals surface area contributed by atoms with E-state index in [0.29, 0.717) is 12.1 Å². The number of nitrogens with zero attached hydrogens (tertiary/aromatic N) is 2. The van der Waals surface area contributed by atoms with Crippen LogP contribution in [0.25, 0.3) is 11.0 Å². The standard InChI is InChI=1S/C21H18N4O/c26-21(18-12-6-7-13-22-18)25-19(14-15-8-2-1-3-9-15)20-23-16-10-4-5-11-17(16)24-20/h1-13,19H,14H2,(H,23,24)(H,25,26). The van der Waals surface area contributed by atoms with Gasteiger partial charge in [-0.1, -0.05) is 48.5 Å². The van der Waals surface area contributed by atoms with Crippen LogP contribution in [0.2, 0.25) is 0 Å². The van der Waals surface area contributed by atoms with Crippen LogP contribution in [0.15, 0.2) is 79.0 Å².